The first kappa shape index (κ1) is 14.5. The molecule has 96 valence electrons. The van der Waals surface area contributed by atoms with Gasteiger partial charge in [-0.2, -0.15) is 0 Å². The fourth-order valence-electron chi connectivity index (χ4n) is 1.76. The summed E-state index contributed by atoms with van der Waals surface area (Å²) in [6.07, 6.45) is 0.633. The number of anilines is 1. The molecule has 0 heterocycles. The third kappa shape index (κ3) is 3.45. The van der Waals surface area contributed by atoms with Gasteiger partial charge in [-0.3, -0.25) is 0 Å². The minimum atomic E-state index is -3.34. The van der Waals surface area contributed by atoms with E-state index in [9.17, 15) is 8.42 Å². The number of rotatable bonds is 4. The Morgan fingerprint density at radius 1 is 1.29 bits per heavy atom. The fourth-order valence-corrected chi connectivity index (χ4v) is 4.03. The maximum absolute atomic E-state index is 12.3. The van der Waals surface area contributed by atoms with Crippen LogP contribution in [0.3, 0.4) is 0 Å². The summed E-state index contributed by atoms with van der Waals surface area (Å²) in [5.74, 6) is 0.341. The first-order chi connectivity index (χ1) is 7.75. The second-order valence-corrected chi connectivity index (χ2v) is 7.92. The number of nitrogens with two attached hydrogens (primary N) is 1. The van der Waals surface area contributed by atoms with Crippen molar-refractivity contribution in [3.05, 3.63) is 22.7 Å². The molecule has 0 aromatic heterocycles. The molecule has 0 fully saturated rings. The van der Waals surface area contributed by atoms with Gasteiger partial charge in [0.15, 0.2) is 9.84 Å². The molecule has 0 bridgehead atoms. The lowest BCUT2D eigenvalue weighted by Crippen LogP contribution is -2.21. The zero-order chi connectivity index (χ0) is 13.2. The SMILES string of the molecule is CC(C)CC(C)S(=O)(=O)c1cc(Br)ccc1N. The Kier molecular flexibility index (Phi) is 4.61. The average Bonchev–Trinajstić information content (AvgIpc) is 2.20. The van der Waals surface area contributed by atoms with Crippen molar-refractivity contribution in [3.63, 3.8) is 0 Å². The Bertz CT molecular complexity index is 497. The first-order valence-electron chi connectivity index (χ1n) is 5.54. The highest BCUT2D eigenvalue weighted by atomic mass is 79.9. The van der Waals surface area contributed by atoms with Crippen LogP contribution in [0.15, 0.2) is 27.6 Å². The van der Waals surface area contributed by atoms with Crippen LogP contribution in [0.1, 0.15) is 27.2 Å². The van der Waals surface area contributed by atoms with Crippen molar-refractivity contribution in [1.29, 1.82) is 0 Å². The molecular weight excluding hydrogens is 302 g/mol. The average molecular weight is 320 g/mol. The molecule has 17 heavy (non-hydrogen) atoms. The van der Waals surface area contributed by atoms with Crippen LogP contribution in [0.2, 0.25) is 0 Å². The quantitative estimate of drug-likeness (QED) is 0.867. The van der Waals surface area contributed by atoms with E-state index in [1.54, 1.807) is 25.1 Å². The lowest BCUT2D eigenvalue weighted by Gasteiger charge is -2.16. The molecule has 1 aromatic rings. The van der Waals surface area contributed by atoms with Gasteiger partial charge in [-0.05, 0) is 37.5 Å². The lowest BCUT2D eigenvalue weighted by molar-refractivity contribution is 0.537. The Balaban J connectivity index is 3.17. The van der Waals surface area contributed by atoms with Gasteiger partial charge in [0.1, 0.15) is 0 Å². The predicted molar refractivity (Wildman–Crippen MR) is 74.7 cm³/mol. The topological polar surface area (TPSA) is 60.2 Å². The maximum atomic E-state index is 12.3. The molecule has 0 spiro atoms. The van der Waals surface area contributed by atoms with Crippen LogP contribution >= 0.6 is 15.9 Å². The zero-order valence-electron chi connectivity index (χ0n) is 10.3. The van der Waals surface area contributed by atoms with Gasteiger partial charge in [0, 0.05) is 4.47 Å². The van der Waals surface area contributed by atoms with Gasteiger partial charge >= 0.3 is 0 Å². The number of sulfone groups is 1. The minimum absolute atomic E-state index is 0.222. The molecule has 5 heteroatoms. The van der Waals surface area contributed by atoms with E-state index in [0.29, 0.717) is 18.0 Å². The van der Waals surface area contributed by atoms with Crippen LogP contribution in [0, 0.1) is 5.92 Å². The van der Waals surface area contributed by atoms with Gasteiger partial charge in [-0.1, -0.05) is 29.8 Å². The number of hydrogen-bond donors (Lipinski definition) is 1. The number of halogens is 1. The van der Waals surface area contributed by atoms with Gasteiger partial charge in [-0.15, -0.1) is 0 Å². The summed E-state index contributed by atoms with van der Waals surface area (Å²) >= 11 is 3.27. The Morgan fingerprint density at radius 3 is 2.41 bits per heavy atom. The van der Waals surface area contributed by atoms with Crippen LogP contribution in [-0.4, -0.2) is 13.7 Å². The molecule has 1 rings (SSSR count). The number of hydrogen-bond acceptors (Lipinski definition) is 3. The highest BCUT2D eigenvalue weighted by molar-refractivity contribution is 9.10. The molecule has 0 aliphatic heterocycles. The zero-order valence-corrected chi connectivity index (χ0v) is 12.7. The summed E-state index contributed by atoms with van der Waals surface area (Å²) in [7, 11) is -3.34. The van der Waals surface area contributed by atoms with Gasteiger partial charge < -0.3 is 5.73 Å². The highest BCUT2D eigenvalue weighted by Crippen LogP contribution is 2.28. The molecular formula is C12H18BrNO2S. The fraction of sp³-hybridized carbons (Fsp3) is 0.500. The van der Waals surface area contributed by atoms with E-state index in [1.165, 1.54) is 0 Å². The number of nitrogen functional groups attached to an aromatic ring is 1. The molecule has 3 nitrogen and oxygen atoms in total. The third-order valence-corrected chi connectivity index (χ3v) is 5.33. The normalized spacial score (nSPS) is 13.9. The summed E-state index contributed by atoms with van der Waals surface area (Å²) < 4.78 is 25.4. The van der Waals surface area contributed by atoms with Gasteiger partial charge in [0.05, 0.1) is 15.8 Å². The Hall–Kier alpha value is -0.550. The molecule has 0 saturated carbocycles. The van der Waals surface area contributed by atoms with Crippen molar-refractivity contribution in [2.75, 3.05) is 5.73 Å². The molecule has 0 saturated heterocycles. The van der Waals surface area contributed by atoms with Crippen molar-refractivity contribution < 1.29 is 8.42 Å². The van der Waals surface area contributed by atoms with Gasteiger partial charge in [-0.25, -0.2) is 8.42 Å². The molecule has 0 aliphatic carbocycles. The van der Waals surface area contributed by atoms with E-state index in [-0.39, 0.29) is 4.90 Å². The molecule has 1 aromatic carbocycles. The smallest absolute Gasteiger partial charge is 0.183 e. The second kappa shape index (κ2) is 5.40. The van der Waals surface area contributed by atoms with Crippen LogP contribution in [-0.2, 0) is 9.84 Å². The standard InChI is InChI=1S/C12H18BrNO2S/c1-8(2)6-9(3)17(15,16)12-7-10(13)4-5-11(12)14/h4-5,7-9H,6,14H2,1-3H3. The summed E-state index contributed by atoms with van der Waals surface area (Å²) in [6, 6.07) is 4.92. The third-order valence-electron chi connectivity index (χ3n) is 2.62. The second-order valence-electron chi connectivity index (χ2n) is 4.67. The van der Waals surface area contributed by atoms with Crippen LogP contribution < -0.4 is 5.73 Å². The number of benzene rings is 1. The first-order valence-corrected chi connectivity index (χ1v) is 7.88. The van der Waals surface area contributed by atoms with Crippen LogP contribution in [0.25, 0.3) is 0 Å². The molecule has 0 amide bonds. The van der Waals surface area contributed by atoms with Crippen molar-refractivity contribution in [2.24, 2.45) is 5.92 Å². The van der Waals surface area contributed by atoms with E-state index < -0.39 is 15.1 Å². The summed E-state index contributed by atoms with van der Waals surface area (Å²) in [5, 5.41) is -0.418. The van der Waals surface area contributed by atoms with E-state index in [2.05, 4.69) is 15.9 Å². The van der Waals surface area contributed by atoms with Crippen LogP contribution in [0.4, 0.5) is 5.69 Å². The van der Waals surface area contributed by atoms with Crippen LogP contribution in [0.5, 0.6) is 0 Å². The van der Waals surface area contributed by atoms with Crippen molar-refractivity contribution in [2.45, 2.75) is 37.3 Å². The van der Waals surface area contributed by atoms with E-state index >= 15 is 0 Å². The van der Waals surface area contributed by atoms with E-state index in [0.717, 1.165) is 4.47 Å². The summed E-state index contributed by atoms with van der Waals surface area (Å²) in [6.45, 7) is 5.75. The van der Waals surface area contributed by atoms with E-state index in [4.69, 9.17) is 5.73 Å². The molecule has 1 atom stereocenters. The van der Waals surface area contributed by atoms with E-state index in [1.807, 2.05) is 13.8 Å². The van der Waals surface area contributed by atoms with Gasteiger partial charge in [0.2, 0.25) is 0 Å². The summed E-state index contributed by atoms with van der Waals surface area (Å²) in [4.78, 5) is 0.222. The van der Waals surface area contributed by atoms with Crippen molar-refractivity contribution in [1.82, 2.24) is 0 Å². The molecule has 1 unspecified atom stereocenters. The monoisotopic (exact) mass is 319 g/mol. The molecule has 0 radical (unpaired) electrons. The largest absolute Gasteiger partial charge is 0.398 e. The van der Waals surface area contributed by atoms with Crippen molar-refractivity contribution in [3.8, 4) is 0 Å². The summed E-state index contributed by atoms with van der Waals surface area (Å²) in [5.41, 5.74) is 6.05. The van der Waals surface area contributed by atoms with Gasteiger partial charge in [0.25, 0.3) is 0 Å². The Morgan fingerprint density at radius 2 is 1.88 bits per heavy atom. The minimum Gasteiger partial charge on any atom is -0.398 e. The molecule has 0 aliphatic rings. The highest BCUT2D eigenvalue weighted by Gasteiger charge is 2.26. The molecule has 2 N–H and O–H groups in total. The Labute approximate surface area is 111 Å². The van der Waals surface area contributed by atoms with Crippen molar-refractivity contribution >= 4 is 31.5 Å². The maximum Gasteiger partial charge on any atom is 0.183 e. The predicted octanol–water partition coefficient (Wildman–Crippen LogP) is 3.24. The lowest BCUT2D eigenvalue weighted by atomic mass is 10.1.